The van der Waals surface area contributed by atoms with Crippen LogP contribution in [0.4, 0.5) is 20.4 Å². The van der Waals surface area contributed by atoms with Gasteiger partial charge in [-0.1, -0.05) is 6.92 Å². The molecule has 40 heavy (non-hydrogen) atoms. The standard InChI is InChI=1S/C26H26F2N8O3S/c1-3-35(2)40(38,39)34-20-5-4-19(27)21(22(20)28)23(37)18-10-31-24-17(18)6-15(7-30-24)16-8-32-25(33-9-16)36-13-26(14-36)11-29-12-26/h4-10,29,34H,3,11-14H2,1-2H3,(H,30,31). The third-order valence-corrected chi connectivity index (χ3v) is 9.05. The monoisotopic (exact) mass is 568 g/mol. The van der Waals surface area contributed by atoms with Crippen LogP contribution < -0.4 is 14.9 Å². The number of carbonyl (C=O) groups is 1. The van der Waals surface area contributed by atoms with Crippen LogP contribution >= 0.6 is 0 Å². The van der Waals surface area contributed by atoms with Crippen LogP contribution in [0, 0.1) is 17.0 Å². The molecule has 0 bridgehead atoms. The highest BCUT2D eigenvalue weighted by Gasteiger charge is 2.48. The number of nitrogens with one attached hydrogen (secondary N) is 3. The predicted octanol–water partition coefficient (Wildman–Crippen LogP) is 2.55. The molecule has 4 aromatic rings. The van der Waals surface area contributed by atoms with Crippen LogP contribution in [0.25, 0.3) is 22.2 Å². The molecule has 0 unspecified atom stereocenters. The maximum absolute atomic E-state index is 15.4. The fourth-order valence-electron chi connectivity index (χ4n) is 4.95. The molecule has 2 aliphatic rings. The fourth-order valence-corrected chi connectivity index (χ4v) is 5.88. The zero-order valence-corrected chi connectivity index (χ0v) is 22.5. The number of halogens is 2. The van der Waals surface area contributed by atoms with Gasteiger partial charge in [0.1, 0.15) is 11.5 Å². The summed E-state index contributed by atoms with van der Waals surface area (Å²) in [4.78, 5) is 31.7. The smallest absolute Gasteiger partial charge is 0.301 e. The Morgan fingerprint density at radius 2 is 1.82 bits per heavy atom. The Bertz CT molecular complexity index is 1730. The van der Waals surface area contributed by atoms with E-state index in [0.29, 0.717) is 33.5 Å². The van der Waals surface area contributed by atoms with E-state index in [4.69, 9.17) is 0 Å². The van der Waals surface area contributed by atoms with Crippen LogP contribution in [0.2, 0.25) is 0 Å². The van der Waals surface area contributed by atoms with E-state index in [1.54, 1.807) is 31.6 Å². The molecule has 0 aliphatic carbocycles. The molecule has 6 rings (SSSR count). The number of rotatable bonds is 8. The number of nitrogens with zero attached hydrogens (tertiary/aromatic N) is 5. The molecular formula is C26H26F2N8O3S. The summed E-state index contributed by atoms with van der Waals surface area (Å²) in [5.41, 5.74) is 0.503. The van der Waals surface area contributed by atoms with E-state index >= 15 is 4.39 Å². The summed E-state index contributed by atoms with van der Waals surface area (Å²) >= 11 is 0. The third-order valence-electron chi connectivity index (χ3n) is 7.50. The molecular weight excluding hydrogens is 542 g/mol. The van der Waals surface area contributed by atoms with Crippen molar-refractivity contribution in [2.24, 2.45) is 5.41 Å². The van der Waals surface area contributed by atoms with Gasteiger partial charge in [-0.05, 0) is 18.2 Å². The number of ketones is 1. The minimum atomic E-state index is -4.10. The normalized spacial score (nSPS) is 16.3. The molecule has 0 radical (unpaired) electrons. The van der Waals surface area contributed by atoms with Gasteiger partial charge in [-0.2, -0.15) is 12.7 Å². The molecule has 1 spiro atoms. The topological polar surface area (TPSA) is 136 Å². The SMILES string of the molecule is CCN(C)S(=O)(=O)Nc1ccc(F)c(C(=O)c2c[nH]c3ncc(-c4cnc(N5CC6(CNC6)C5)nc4)cc23)c1F. The molecule has 2 aliphatic heterocycles. The van der Waals surface area contributed by atoms with Crippen LogP contribution in [0.3, 0.4) is 0 Å². The lowest BCUT2D eigenvalue weighted by Crippen LogP contribution is -2.71. The Labute approximate surface area is 228 Å². The Balaban J connectivity index is 1.29. The average Bonchev–Trinajstić information content (AvgIpc) is 3.32. The van der Waals surface area contributed by atoms with E-state index in [0.717, 1.165) is 42.6 Å². The second-order valence-electron chi connectivity index (χ2n) is 10.2. The molecule has 2 fully saturated rings. The molecule has 208 valence electrons. The summed E-state index contributed by atoms with van der Waals surface area (Å²) in [6.07, 6.45) is 6.25. The Kier molecular flexibility index (Phi) is 6.27. The van der Waals surface area contributed by atoms with Crippen molar-refractivity contribution in [1.29, 1.82) is 0 Å². The van der Waals surface area contributed by atoms with Crippen molar-refractivity contribution in [3.63, 3.8) is 0 Å². The molecule has 11 nitrogen and oxygen atoms in total. The van der Waals surface area contributed by atoms with Gasteiger partial charge in [-0.3, -0.25) is 9.52 Å². The summed E-state index contributed by atoms with van der Waals surface area (Å²) in [5, 5.41) is 3.63. The van der Waals surface area contributed by atoms with Crippen LogP contribution in [0.5, 0.6) is 0 Å². The molecule has 14 heteroatoms. The van der Waals surface area contributed by atoms with Crippen LogP contribution in [0.15, 0.2) is 43.0 Å². The number of hydrogen-bond acceptors (Lipinski definition) is 8. The zero-order valence-electron chi connectivity index (χ0n) is 21.7. The summed E-state index contributed by atoms with van der Waals surface area (Å²) < 4.78 is 58.0. The van der Waals surface area contributed by atoms with Gasteiger partial charge in [0.2, 0.25) is 11.7 Å². The van der Waals surface area contributed by atoms with Gasteiger partial charge < -0.3 is 15.2 Å². The van der Waals surface area contributed by atoms with E-state index in [-0.39, 0.29) is 12.1 Å². The number of anilines is 2. The fraction of sp³-hybridized carbons (Fsp3) is 0.308. The van der Waals surface area contributed by atoms with Gasteiger partial charge in [0.25, 0.3) is 0 Å². The second-order valence-corrected chi connectivity index (χ2v) is 12.0. The number of aromatic nitrogens is 4. The molecule has 0 amide bonds. The van der Waals surface area contributed by atoms with Gasteiger partial charge >= 0.3 is 10.2 Å². The van der Waals surface area contributed by atoms with Crippen molar-refractivity contribution in [1.82, 2.24) is 29.6 Å². The molecule has 2 saturated heterocycles. The Morgan fingerprint density at radius 3 is 2.48 bits per heavy atom. The first kappa shape index (κ1) is 26.2. The summed E-state index contributed by atoms with van der Waals surface area (Å²) in [7, 11) is -2.80. The first-order chi connectivity index (χ1) is 19.1. The molecule has 0 saturated carbocycles. The van der Waals surface area contributed by atoms with Crippen molar-refractivity contribution >= 4 is 38.7 Å². The van der Waals surface area contributed by atoms with E-state index in [2.05, 4.69) is 34.9 Å². The molecule has 3 N–H and O–H groups in total. The highest BCUT2D eigenvalue weighted by Crippen LogP contribution is 2.36. The van der Waals surface area contributed by atoms with Gasteiger partial charge in [-0.15, -0.1) is 0 Å². The number of pyridine rings is 1. The lowest BCUT2D eigenvalue weighted by molar-refractivity contribution is 0.103. The summed E-state index contributed by atoms with van der Waals surface area (Å²) in [6.45, 7) is 5.56. The first-order valence-corrected chi connectivity index (χ1v) is 14.1. The summed E-state index contributed by atoms with van der Waals surface area (Å²) in [6, 6.07) is 3.45. The molecule has 5 heterocycles. The van der Waals surface area contributed by atoms with Crippen molar-refractivity contribution in [3.8, 4) is 11.1 Å². The average molecular weight is 569 g/mol. The number of carbonyl (C=O) groups excluding carboxylic acids is 1. The van der Waals surface area contributed by atoms with Crippen molar-refractivity contribution in [3.05, 3.63) is 65.7 Å². The van der Waals surface area contributed by atoms with E-state index in [1.807, 2.05) is 0 Å². The minimum absolute atomic E-state index is 0.0228. The van der Waals surface area contributed by atoms with Crippen LogP contribution in [-0.4, -0.2) is 78.2 Å². The van der Waals surface area contributed by atoms with Gasteiger partial charge in [0.05, 0.1) is 11.3 Å². The Morgan fingerprint density at radius 1 is 1.12 bits per heavy atom. The van der Waals surface area contributed by atoms with E-state index in [1.165, 1.54) is 13.2 Å². The molecule has 3 aromatic heterocycles. The number of H-pyrrole nitrogens is 1. The minimum Gasteiger partial charge on any atom is -0.345 e. The van der Waals surface area contributed by atoms with Crippen LogP contribution in [0.1, 0.15) is 22.8 Å². The first-order valence-electron chi connectivity index (χ1n) is 12.6. The zero-order chi connectivity index (χ0) is 28.2. The molecule has 1 aromatic carbocycles. The number of fused-ring (bicyclic) bond motifs is 1. The quantitative estimate of drug-likeness (QED) is 0.276. The van der Waals surface area contributed by atoms with Gasteiger partial charge in [-0.25, -0.2) is 23.7 Å². The van der Waals surface area contributed by atoms with E-state index in [9.17, 15) is 17.6 Å². The predicted molar refractivity (Wildman–Crippen MR) is 145 cm³/mol. The maximum Gasteiger partial charge on any atom is 0.301 e. The highest BCUT2D eigenvalue weighted by molar-refractivity contribution is 7.90. The summed E-state index contributed by atoms with van der Waals surface area (Å²) in [5.74, 6) is -2.76. The van der Waals surface area contributed by atoms with Crippen LogP contribution in [-0.2, 0) is 10.2 Å². The lowest BCUT2D eigenvalue weighted by Gasteiger charge is -2.55. The third kappa shape index (κ3) is 4.37. The Hall–Kier alpha value is -4.01. The molecule has 0 atom stereocenters. The highest BCUT2D eigenvalue weighted by atomic mass is 32.2. The largest absolute Gasteiger partial charge is 0.345 e. The van der Waals surface area contributed by atoms with Crippen molar-refractivity contribution in [2.75, 3.05) is 49.4 Å². The van der Waals surface area contributed by atoms with Crippen molar-refractivity contribution in [2.45, 2.75) is 6.92 Å². The number of hydrogen-bond donors (Lipinski definition) is 3. The lowest BCUT2D eigenvalue weighted by atomic mass is 9.75. The maximum atomic E-state index is 15.4. The number of benzene rings is 1. The second kappa shape index (κ2) is 9.57. The van der Waals surface area contributed by atoms with Gasteiger partial charge in [0.15, 0.2) is 5.82 Å². The van der Waals surface area contributed by atoms with Gasteiger partial charge in [0, 0.05) is 92.1 Å². The van der Waals surface area contributed by atoms with Crippen molar-refractivity contribution < 1.29 is 22.0 Å². The van der Waals surface area contributed by atoms with E-state index < -0.39 is 38.9 Å². The number of aromatic amines is 1.